The first-order valence-corrected chi connectivity index (χ1v) is 16.9. The van der Waals surface area contributed by atoms with Crippen molar-refractivity contribution in [3.63, 3.8) is 0 Å². The molecule has 0 aliphatic heterocycles. The zero-order chi connectivity index (χ0) is 30.2. The van der Waals surface area contributed by atoms with E-state index in [0.717, 1.165) is 66.3 Å². The molecule has 9 atom stereocenters. The van der Waals surface area contributed by atoms with E-state index in [4.69, 9.17) is 9.47 Å². The zero-order valence-electron chi connectivity index (χ0n) is 27.3. The number of carbonyl (C=O) groups is 1. The molecule has 232 valence electrons. The maximum atomic E-state index is 12.7. The van der Waals surface area contributed by atoms with Gasteiger partial charge in [-0.05, 0) is 121 Å². The van der Waals surface area contributed by atoms with Crippen molar-refractivity contribution < 1.29 is 19.4 Å². The van der Waals surface area contributed by atoms with Gasteiger partial charge in [-0.25, -0.2) is 4.79 Å². The number of benzene rings is 1. The maximum Gasteiger partial charge on any atom is 0.331 e. The standard InChI is InChI=1S/C38H56O4/c1-24(2)25(3)8-9-26(4)31-14-15-32-30-13-12-28-23-29(18-20-37(28,5)33(30)19-21-38(31,32)6)42-36(40)17-11-27-10-16-34(39)35(22-27)41-7/h10-12,16-17,22,24-26,29-33,39H,8-9,13-15,18-21,23H2,1-7H3. The smallest absolute Gasteiger partial charge is 0.331 e. The Bertz CT molecular complexity index is 1180. The number of allylic oxidation sites excluding steroid dienone is 1. The molecule has 9 unspecified atom stereocenters. The van der Waals surface area contributed by atoms with Gasteiger partial charge in [-0.15, -0.1) is 0 Å². The summed E-state index contributed by atoms with van der Waals surface area (Å²) in [6.07, 6.45) is 18.3. The number of ether oxygens (including phenoxy) is 2. The van der Waals surface area contributed by atoms with Gasteiger partial charge in [0.05, 0.1) is 7.11 Å². The van der Waals surface area contributed by atoms with Crippen LogP contribution in [0.15, 0.2) is 35.9 Å². The first-order valence-electron chi connectivity index (χ1n) is 16.9. The van der Waals surface area contributed by atoms with Crippen LogP contribution in [-0.2, 0) is 9.53 Å². The molecule has 0 saturated heterocycles. The van der Waals surface area contributed by atoms with Gasteiger partial charge in [0.15, 0.2) is 11.5 Å². The molecule has 0 heterocycles. The fourth-order valence-electron chi connectivity index (χ4n) is 9.93. The quantitative estimate of drug-likeness (QED) is 0.181. The summed E-state index contributed by atoms with van der Waals surface area (Å²) in [6.45, 7) is 15.0. The van der Waals surface area contributed by atoms with Crippen LogP contribution in [0, 0.1) is 52.3 Å². The lowest BCUT2D eigenvalue weighted by molar-refractivity contribution is -0.145. The van der Waals surface area contributed by atoms with Gasteiger partial charge >= 0.3 is 5.97 Å². The molecule has 1 aromatic carbocycles. The number of phenols is 1. The second-order valence-corrected chi connectivity index (χ2v) is 15.3. The fourth-order valence-corrected chi connectivity index (χ4v) is 9.93. The summed E-state index contributed by atoms with van der Waals surface area (Å²) in [6, 6.07) is 5.04. The fraction of sp³-hybridized carbons (Fsp3) is 0.711. The van der Waals surface area contributed by atoms with Crippen molar-refractivity contribution in [2.75, 3.05) is 7.11 Å². The van der Waals surface area contributed by atoms with Gasteiger partial charge in [-0.1, -0.05) is 72.1 Å². The van der Waals surface area contributed by atoms with Crippen LogP contribution >= 0.6 is 0 Å². The number of methoxy groups -OCH3 is 1. The second-order valence-electron chi connectivity index (χ2n) is 15.3. The molecule has 42 heavy (non-hydrogen) atoms. The van der Waals surface area contributed by atoms with Gasteiger partial charge in [-0.3, -0.25) is 0 Å². The number of rotatable bonds is 9. The highest BCUT2D eigenvalue weighted by atomic mass is 16.5. The van der Waals surface area contributed by atoms with E-state index < -0.39 is 0 Å². The van der Waals surface area contributed by atoms with Gasteiger partial charge < -0.3 is 14.6 Å². The molecule has 0 spiro atoms. The Morgan fingerprint density at radius 3 is 2.57 bits per heavy atom. The van der Waals surface area contributed by atoms with Crippen molar-refractivity contribution in [1.29, 1.82) is 0 Å². The van der Waals surface area contributed by atoms with Crippen molar-refractivity contribution >= 4 is 12.0 Å². The number of carbonyl (C=O) groups excluding carboxylic acids is 1. The van der Waals surface area contributed by atoms with Gasteiger partial charge in [0, 0.05) is 12.5 Å². The summed E-state index contributed by atoms with van der Waals surface area (Å²) in [5, 5.41) is 9.81. The van der Waals surface area contributed by atoms with Gasteiger partial charge in [-0.2, -0.15) is 0 Å². The van der Waals surface area contributed by atoms with Crippen LogP contribution in [0.2, 0.25) is 0 Å². The zero-order valence-corrected chi connectivity index (χ0v) is 27.3. The average Bonchev–Trinajstić information content (AvgIpc) is 3.32. The van der Waals surface area contributed by atoms with E-state index in [1.165, 1.54) is 58.1 Å². The van der Waals surface area contributed by atoms with E-state index in [1.54, 1.807) is 29.8 Å². The van der Waals surface area contributed by atoms with Crippen LogP contribution in [0.25, 0.3) is 6.08 Å². The molecule has 1 N–H and O–H groups in total. The van der Waals surface area contributed by atoms with E-state index >= 15 is 0 Å². The summed E-state index contributed by atoms with van der Waals surface area (Å²) in [5.74, 6) is 5.94. The van der Waals surface area contributed by atoms with Crippen molar-refractivity contribution in [3.05, 3.63) is 41.5 Å². The number of hydrogen-bond donors (Lipinski definition) is 1. The Morgan fingerprint density at radius 2 is 1.83 bits per heavy atom. The van der Waals surface area contributed by atoms with E-state index in [0.29, 0.717) is 11.2 Å². The topological polar surface area (TPSA) is 55.8 Å². The summed E-state index contributed by atoms with van der Waals surface area (Å²) in [5.41, 5.74) is 3.09. The third-order valence-corrected chi connectivity index (χ3v) is 12.9. The number of hydrogen-bond acceptors (Lipinski definition) is 4. The summed E-state index contributed by atoms with van der Waals surface area (Å²) in [4.78, 5) is 12.7. The number of esters is 1. The maximum absolute atomic E-state index is 12.7. The molecule has 4 nitrogen and oxygen atoms in total. The second kappa shape index (κ2) is 12.4. The van der Waals surface area contributed by atoms with E-state index in [2.05, 4.69) is 47.6 Å². The number of aromatic hydroxyl groups is 1. The summed E-state index contributed by atoms with van der Waals surface area (Å²) >= 11 is 0. The lowest BCUT2D eigenvalue weighted by atomic mass is 9.47. The number of fused-ring (bicyclic) bond motifs is 5. The molecule has 3 saturated carbocycles. The van der Waals surface area contributed by atoms with Gasteiger partial charge in [0.1, 0.15) is 6.10 Å². The highest BCUT2D eigenvalue weighted by Gasteiger charge is 2.59. The van der Waals surface area contributed by atoms with Crippen molar-refractivity contribution in [2.45, 2.75) is 112 Å². The molecular formula is C38H56O4. The Labute approximate surface area is 255 Å². The average molecular weight is 577 g/mol. The SMILES string of the molecule is COc1cc(C=CC(=O)OC2CCC3(C)C(=CCC4C3CCC3(C)C(C(C)CCC(C)C(C)C)CCC43)C2)ccc1O. The third-order valence-electron chi connectivity index (χ3n) is 12.9. The minimum Gasteiger partial charge on any atom is -0.504 e. The molecule has 1 aromatic rings. The molecule has 0 amide bonds. The predicted octanol–water partition coefficient (Wildman–Crippen LogP) is 9.61. The van der Waals surface area contributed by atoms with Crippen molar-refractivity contribution in [2.24, 2.45) is 52.3 Å². The van der Waals surface area contributed by atoms with Gasteiger partial charge in [0.25, 0.3) is 0 Å². The van der Waals surface area contributed by atoms with Crippen LogP contribution in [0.3, 0.4) is 0 Å². The first-order chi connectivity index (χ1) is 20.0. The van der Waals surface area contributed by atoms with E-state index in [-0.39, 0.29) is 23.2 Å². The summed E-state index contributed by atoms with van der Waals surface area (Å²) in [7, 11) is 1.52. The molecule has 5 rings (SSSR count). The summed E-state index contributed by atoms with van der Waals surface area (Å²) < 4.78 is 11.1. The Hall–Kier alpha value is -2.23. The third kappa shape index (κ3) is 5.93. The Balaban J connectivity index is 1.21. The minimum absolute atomic E-state index is 0.0498. The predicted molar refractivity (Wildman–Crippen MR) is 171 cm³/mol. The molecular weight excluding hydrogens is 520 g/mol. The first kappa shape index (κ1) is 31.2. The normalized spacial score (nSPS) is 35.6. The molecule has 4 aliphatic rings. The lowest BCUT2D eigenvalue weighted by Gasteiger charge is -2.58. The minimum atomic E-state index is -0.299. The highest BCUT2D eigenvalue weighted by Crippen LogP contribution is 2.67. The molecule has 0 bridgehead atoms. The monoisotopic (exact) mass is 576 g/mol. The van der Waals surface area contributed by atoms with Crippen LogP contribution in [0.5, 0.6) is 11.5 Å². The van der Waals surface area contributed by atoms with Crippen LogP contribution in [0.1, 0.15) is 111 Å². The highest BCUT2D eigenvalue weighted by molar-refractivity contribution is 5.87. The van der Waals surface area contributed by atoms with E-state index in [9.17, 15) is 9.90 Å². The van der Waals surface area contributed by atoms with E-state index in [1.807, 2.05) is 0 Å². The molecule has 4 aliphatic carbocycles. The molecule has 0 aromatic heterocycles. The molecule has 0 radical (unpaired) electrons. The van der Waals surface area contributed by atoms with Crippen LogP contribution < -0.4 is 4.74 Å². The van der Waals surface area contributed by atoms with Gasteiger partial charge in [0.2, 0.25) is 0 Å². The van der Waals surface area contributed by atoms with Crippen LogP contribution in [0.4, 0.5) is 0 Å². The molecule has 4 heteroatoms. The lowest BCUT2D eigenvalue weighted by Crippen LogP contribution is -2.51. The molecule has 3 fully saturated rings. The van der Waals surface area contributed by atoms with Crippen LogP contribution in [-0.4, -0.2) is 24.3 Å². The van der Waals surface area contributed by atoms with Crippen molar-refractivity contribution in [1.82, 2.24) is 0 Å². The Morgan fingerprint density at radius 1 is 1.05 bits per heavy atom. The van der Waals surface area contributed by atoms with Crippen molar-refractivity contribution in [3.8, 4) is 11.5 Å². The largest absolute Gasteiger partial charge is 0.504 e. The number of phenolic OH excluding ortho intramolecular Hbond substituents is 1. The Kier molecular flexibility index (Phi) is 9.22.